The van der Waals surface area contributed by atoms with Crippen molar-refractivity contribution in [1.29, 1.82) is 0 Å². The molecule has 0 fully saturated rings. The second-order valence-corrected chi connectivity index (χ2v) is 4.54. The number of amides is 1. The van der Waals surface area contributed by atoms with Gasteiger partial charge in [-0.1, -0.05) is 11.3 Å². The van der Waals surface area contributed by atoms with E-state index in [0.717, 1.165) is 17.7 Å². The Bertz CT molecular complexity index is 538. The maximum atomic E-state index is 11.8. The van der Waals surface area contributed by atoms with Gasteiger partial charge in [0, 0.05) is 30.6 Å². The molecule has 0 aliphatic carbocycles. The van der Waals surface area contributed by atoms with Crippen LogP contribution in [0.5, 0.6) is 0 Å². The molecule has 2 heterocycles. The Morgan fingerprint density at radius 1 is 1.47 bits per heavy atom. The van der Waals surface area contributed by atoms with E-state index in [1.54, 1.807) is 18.6 Å². The lowest BCUT2D eigenvalue weighted by atomic mass is 10.1. The zero-order valence-electron chi connectivity index (χ0n) is 11.1. The Hall–Kier alpha value is -2.24. The first-order chi connectivity index (χ1) is 9.15. The lowest BCUT2D eigenvalue weighted by molar-refractivity contribution is -0.122. The van der Waals surface area contributed by atoms with Gasteiger partial charge >= 0.3 is 0 Å². The average Bonchev–Trinajstić information content (AvgIpc) is 2.84. The minimum atomic E-state index is -0.0772. The number of rotatable bonds is 5. The molecule has 0 aliphatic heterocycles. The van der Waals surface area contributed by atoms with Gasteiger partial charge in [0.2, 0.25) is 5.91 Å². The minimum Gasteiger partial charge on any atom is -0.352 e. The van der Waals surface area contributed by atoms with Gasteiger partial charge in [-0.25, -0.2) is 4.68 Å². The summed E-state index contributed by atoms with van der Waals surface area (Å²) in [6.07, 6.45) is 5.70. The van der Waals surface area contributed by atoms with E-state index in [-0.39, 0.29) is 18.5 Å². The summed E-state index contributed by atoms with van der Waals surface area (Å²) in [4.78, 5) is 16.1. The predicted molar refractivity (Wildman–Crippen MR) is 70.3 cm³/mol. The molecule has 19 heavy (non-hydrogen) atoms. The van der Waals surface area contributed by atoms with E-state index in [2.05, 4.69) is 20.6 Å². The van der Waals surface area contributed by atoms with Gasteiger partial charge in [0.15, 0.2) is 0 Å². The molecular formula is C13H17N5O. The Balaban J connectivity index is 1.86. The lowest BCUT2D eigenvalue weighted by Gasteiger charge is -2.14. The van der Waals surface area contributed by atoms with Crippen molar-refractivity contribution >= 4 is 5.91 Å². The molecule has 1 atom stereocenters. The summed E-state index contributed by atoms with van der Waals surface area (Å²) < 4.78 is 1.49. The molecule has 2 rings (SSSR count). The van der Waals surface area contributed by atoms with Crippen molar-refractivity contribution in [2.75, 3.05) is 0 Å². The molecule has 0 bridgehead atoms. The summed E-state index contributed by atoms with van der Waals surface area (Å²) in [5.74, 6) is -0.0772. The first-order valence-electron chi connectivity index (χ1n) is 6.19. The van der Waals surface area contributed by atoms with Crippen molar-refractivity contribution in [1.82, 2.24) is 25.3 Å². The van der Waals surface area contributed by atoms with Gasteiger partial charge in [0.25, 0.3) is 0 Å². The number of carbonyl (C=O) groups excluding carboxylic acids is 1. The molecule has 0 aliphatic rings. The summed E-state index contributed by atoms with van der Waals surface area (Å²) in [7, 11) is 0. The normalized spacial score (nSPS) is 12.1. The van der Waals surface area contributed by atoms with E-state index >= 15 is 0 Å². The van der Waals surface area contributed by atoms with Crippen LogP contribution in [0.25, 0.3) is 0 Å². The van der Waals surface area contributed by atoms with Crippen molar-refractivity contribution in [3.05, 3.63) is 42.0 Å². The van der Waals surface area contributed by atoms with Crippen LogP contribution < -0.4 is 5.32 Å². The fourth-order valence-electron chi connectivity index (χ4n) is 1.86. The number of hydrogen-bond acceptors (Lipinski definition) is 4. The monoisotopic (exact) mass is 259 g/mol. The highest BCUT2D eigenvalue weighted by Crippen LogP contribution is 2.06. The molecular weight excluding hydrogens is 242 g/mol. The molecule has 0 unspecified atom stereocenters. The number of aromatic nitrogens is 4. The van der Waals surface area contributed by atoms with Gasteiger partial charge in [-0.05, 0) is 25.5 Å². The van der Waals surface area contributed by atoms with Crippen LogP contribution in [0.2, 0.25) is 0 Å². The summed E-state index contributed by atoms with van der Waals surface area (Å²) in [6.45, 7) is 4.17. The Labute approximate surface area is 111 Å². The van der Waals surface area contributed by atoms with Crippen LogP contribution in [0.1, 0.15) is 18.2 Å². The summed E-state index contributed by atoms with van der Waals surface area (Å²) in [6, 6.07) is 3.96. The highest BCUT2D eigenvalue weighted by molar-refractivity contribution is 5.75. The van der Waals surface area contributed by atoms with Crippen molar-refractivity contribution in [3.63, 3.8) is 0 Å². The van der Waals surface area contributed by atoms with E-state index in [1.807, 2.05) is 26.0 Å². The molecule has 2 aromatic heterocycles. The first-order valence-corrected chi connectivity index (χ1v) is 6.19. The Kier molecular flexibility index (Phi) is 4.22. The number of nitrogens with one attached hydrogen (secondary N) is 1. The lowest BCUT2D eigenvalue weighted by Crippen LogP contribution is -2.36. The van der Waals surface area contributed by atoms with E-state index in [9.17, 15) is 4.79 Å². The van der Waals surface area contributed by atoms with Crippen LogP contribution in [0.3, 0.4) is 0 Å². The van der Waals surface area contributed by atoms with Crippen LogP contribution in [0, 0.1) is 6.92 Å². The highest BCUT2D eigenvalue weighted by atomic mass is 16.2. The van der Waals surface area contributed by atoms with Crippen LogP contribution in [-0.2, 0) is 17.8 Å². The van der Waals surface area contributed by atoms with Crippen LogP contribution in [0.4, 0.5) is 0 Å². The van der Waals surface area contributed by atoms with Gasteiger partial charge < -0.3 is 5.32 Å². The van der Waals surface area contributed by atoms with E-state index in [1.165, 1.54) is 4.68 Å². The van der Waals surface area contributed by atoms with Crippen LogP contribution in [-0.4, -0.2) is 31.9 Å². The van der Waals surface area contributed by atoms with Crippen molar-refractivity contribution in [2.24, 2.45) is 0 Å². The molecule has 1 N–H and O–H groups in total. The molecule has 0 aromatic carbocycles. The Morgan fingerprint density at radius 3 is 3.00 bits per heavy atom. The second-order valence-electron chi connectivity index (χ2n) is 4.54. The van der Waals surface area contributed by atoms with Crippen LogP contribution >= 0.6 is 0 Å². The fraction of sp³-hybridized carbons (Fsp3) is 0.385. The molecule has 2 aromatic rings. The number of nitrogens with zero attached hydrogens (tertiary/aromatic N) is 4. The van der Waals surface area contributed by atoms with Gasteiger partial charge in [0.05, 0.1) is 6.20 Å². The smallest absolute Gasteiger partial charge is 0.242 e. The summed E-state index contributed by atoms with van der Waals surface area (Å²) >= 11 is 0. The molecule has 6 heteroatoms. The van der Waals surface area contributed by atoms with E-state index < -0.39 is 0 Å². The maximum Gasteiger partial charge on any atom is 0.242 e. The Morgan fingerprint density at radius 2 is 2.32 bits per heavy atom. The molecule has 0 spiro atoms. The first kappa shape index (κ1) is 13.2. The number of aryl methyl sites for hydroxylation is 1. The van der Waals surface area contributed by atoms with Crippen molar-refractivity contribution in [3.8, 4) is 0 Å². The highest BCUT2D eigenvalue weighted by Gasteiger charge is 2.10. The van der Waals surface area contributed by atoms with E-state index in [0.29, 0.717) is 0 Å². The minimum absolute atomic E-state index is 0.0321. The van der Waals surface area contributed by atoms with E-state index in [4.69, 9.17) is 0 Å². The molecule has 6 nitrogen and oxygen atoms in total. The molecule has 100 valence electrons. The number of pyridine rings is 1. The molecule has 0 saturated heterocycles. The zero-order chi connectivity index (χ0) is 13.7. The topological polar surface area (TPSA) is 72.7 Å². The van der Waals surface area contributed by atoms with Crippen molar-refractivity contribution < 1.29 is 4.79 Å². The molecule has 0 radical (unpaired) electrons. The fourth-order valence-corrected chi connectivity index (χ4v) is 1.86. The third-order valence-corrected chi connectivity index (χ3v) is 2.80. The summed E-state index contributed by atoms with van der Waals surface area (Å²) in [5.41, 5.74) is 2.15. The largest absolute Gasteiger partial charge is 0.352 e. The molecule has 1 amide bonds. The zero-order valence-corrected chi connectivity index (χ0v) is 11.1. The molecule has 0 saturated carbocycles. The third-order valence-electron chi connectivity index (χ3n) is 2.80. The quantitative estimate of drug-likeness (QED) is 0.859. The van der Waals surface area contributed by atoms with Gasteiger partial charge in [-0.3, -0.25) is 9.78 Å². The predicted octanol–water partition coefficient (Wildman–Crippen LogP) is 0.729. The average molecular weight is 259 g/mol. The maximum absolute atomic E-state index is 11.8. The summed E-state index contributed by atoms with van der Waals surface area (Å²) in [5, 5.41) is 10.3. The van der Waals surface area contributed by atoms with Gasteiger partial charge in [-0.15, -0.1) is 5.10 Å². The SMILES string of the molecule is Cc1cccnc1C[C@@H](C)NC(=O)Cn1ccnn1. The van der Waals surface area contributed by atoms with Crippen molar-refractivity contribution in [2.45, 2.75) is 32.9 Å². The standard InChI is InChI=1S/C13H17N5O/c1-10-4-3-5-14-12(10)8-11(2)16-13(19)9-18-7-6-15-17-18/h3-7,11H,8-9H2,1-2H3,(H,16,19)/t11-/m1/s1. The van der Waals surface area contributed by atoms with Gasteiger partial charge in [0.1, 0.15) is 6.54 Å². The van der Waals surface area contributed by atoms with Crippen LogP contribution in [0.15, 0.2) is 30.7 Å². The third kappa shape index (κ3) is 3.87. The number of hydrogen-bond donors (Lipinski definition) is 1. The number of carbonyl (C=O) groups is 1. The van der Waals surface area contributed by atoms with Gasteiger partial charge in [-0.2, -0.15) is 0 Å². The second kappa shape index (κ2) is 6.08.